The highest BCUT2D eigenvalue weighted by molar-refractivity contribution is 5.85. The maximum Gasteiger partial charge on any atom is 0.249 e. The predicted molar refractivity (Wildman–Crippen MR) is 135 cm³/mol. The van der Waals surface area contributed by atoms with Crippen molar-refractivity contribution in [2.45, 2.75) is 45.2 Å². The Morgan fingerprint density at radius 3 is 2.92 bits per heavy atom. The summed E-state index contributed by atoms with van der Waals surface area (Å²) in [4.78, 5) is 35.0. The van der Waals surface area contributed by atoms with Crippen LogP contribution in [0.4, 0.5) is 5.82 Å². The van der Waals surface area contributed by atoms with Crippen molar-refractivity contribution >= 4 is 22.9 Å². The number of carbonyl (C=O) groups excluding carboxylic acids is 1. The minimum Gasteiger partial charge on any atom is -0.495 e. The fraction of sp³-hybridized carbons (Fsp3) is 0.360. The van der Waals surface area contributed by atoms with E-state index in [0.717, 1.165) is 11.3 Å². The summed E-state index contributed by atoms with van der Waals surface area (Å²) in [5.74, 6) is 1.16. The van der Waals surface area contributed by atoms with Crippen LogP contribution in [-0.2, 0) is 16.1 Å². The third-order valence-corrected chi connectivity index (χ3v) is 6.04. The standard InChI is InChI=1S/C25H28N8O4/c1-4-27-24(35)19-9-18(34)25(37-19)33-13-30-20-22(29-11-16-7-14(2)5-6-28-16)31-21(32-23(20)33)15-8-17(36-3)12-26-10-15/h5-8,10,12-13,18-19,25,34H,4,9,11H2,1-3H3,(H,27,35)(H,29,31,32)/t18-,19+,25-/m1/s1. The first-order valence-electron chi connectivity index (χ1n) is 12.0. The number of hydrogen-bond donors (Lipinski definition) is 3. The molecule has 0 radical (unpaired) electrons. The molecule has 0 unspecified atom stereocenters. The van der Waals surface area contributed by atoms with Crippen molar-refractivity contribution in [3.8, 4) is 17.1 Å². The Bertz CT molecular complexity index is 1430. The van der Waals surface area contributed by atoms with Crippen molar-refractivity contribution in [3.05, 3.63) is 54.4 Å². The Kier molecular flexibility index (Phi) is 6.93. The molecule has 192 valence electrons. The summed E-state index contributed by atoms with van der Waals surface area (Å²) < 4.78 is 12.9. The predicted octanol–water partition coefficient (Wildman–Crippen LogP) is 2.00. The minimum absolute atomic E-state index is 0.165. The number of aryl methyl sites for hydroxylation is 1. The van der Waals surface area contributed by atoms with Crippen LogP contribution in [0.15, 0.2) is 43.1 Å². The summed E-state index contributed by atoms with van der Waals surface area (Å²) in [5, 5.41) is 16.8. The highest BCUT2D eigenvalue weighted by Crippen LogP contribution is 2.33. The number of carbonyl (C=O) groups is 1. The first kappa shape index (κ1) is 24.5. The highest BCUT2D eigenvalue weighted by Gasteiger charge is 2.39. The number of rotatable bonds is 8. The summed E-state index contributed by atoms with van der Waals surface area (Å²) in [6.07, 6.45) is 4.17. The molecule has 1 amide bonds. The van der Waals surface area contributed by atoms with Crippen LogP contribution >= 0.6 is 0 Å². The molecule has 37 heavy (non-hydrogen) atoms. The number of nitrogens with zero attached hydrogens (tertiary/aromatic N) is 6. The topological polar surface area (TPSA) is 149 Å². The van der Waals surface area contributed by atoms with Crippen LogP contribution in [0.25, 0.3) is 22.6 Å². The lowest BCUT2D eigenvalue weighted by atomic mass is 10.2. The molecular weight excluding hydrogens is 476 g/mol. The van der Waals surface area contributed by atoms with E-state index in [0.29, 0.717) is 47.2 Å². The average Bonchev–Trinajstić information content (AvgIpc) is 3.50. The number of amides is 1. The number of nitrogens with one attached hydrogen (secondary N) is 2. The van der Waals surface area contributed by atoms with E-state index in [1.807, 2.05) is 26.0 Å². The van der Waals surface area contributed by atoms with Crippen LogP contribution in [0.5, 0.6) is 5.75 Å². The number of pyridine rings is 2. The zero-order valence-corrected chi connectivity index (χ0v) is 20.8. The summed E-state index contributed by atoms with van der Waals surface area (Å²) in [6.45, 7) is 4.73. The van der Waals surface area contributed by atoms with Gasteiger partial charge in [-0.1, -0.05) is 0 Å². The number of imidazole rings is 1. The number of hydrogen-bond acceptors (Lipinski definition) is 10. The first-order chi connectivity index (χ1) is 18.0. The Morgan fingerprint density at radius 1 is 1.27 bits per heavy atom. The maximum atomic E-state index is 12.3. The zero-order chi connectivity index (χ0) is 25.9. The van der Waals surface area contributed by atoms with Gasteiger partial charge in [0.05, 0.1) is 31.9 Å². The molecule has 1 aliphatic heterocycles. The van der Waals surface area contributed by atoms with E-state index in [2.05, 4.69) is 25.6 Å². The van der Waals surface area contributed by atoms with Crippen LogP contribution in [0.2, 0.25) is 0 Å². The molecule has 0 saturated carbocycles. The van der Waals surface area contributed by atoms with Crippen molar-refractivity contribution in [2.24, 2.45) is 0 Å². The van der Waals surface area contributed by atoms with Crippen molar-refractivity contribution in [1.82, 2.24) is 34.8 Å². The van der Waals surface area contributed by atoms with Gasteiger partial charge in [-0.2, -0.15) is 0 Å². The SMILES string of the molecule is CCNC(=O)[C@@H]1C[C@@H](O)[C@H](n2cnc3c(NCc4cc(C)ccn4)nc(-c4cncc(OC)c4)nc32)O1. The fourth-order valence-electron chi connectivity index (χ4n) is 4.24. The van der Waals surface area contributed by atoms with Gasteiger partial charge in [-0.25, -0.2) is 15.0 Å². The number of methoxy groups -OCH3 is 1. The van der Waals surface area contributed by atoms with Gasteiger partial charge in [0.2, 0.25) is 5.91 Å². The monoisotopic (exact) mass is 504 g/mol. The lowest BCUT2D eigenvalue weighted by Gasteiger charge is -2.17. The number of ether oxygens (including phenoxy) is 2. The average molecular weight is 505 g/mol. The van der Waals surface area contributed by atoms with E-state index in [-0.39, 0.29) is 12.3 Å². The largest absolute Gasteiger partial charge is 0.495 e. The van der Waals surface area contributed by atoms with E-state index in [4.69, 9.17) is 19.4 Å². The molecule has 4 aromatic rings. The van der Waals surface area contributed by atoms with Crippen molar-refractivity contribution in [3.63, 3.8) is 0 Å². The third-order valence-electron chi connectivity index (χ3n) is 6.04. The van der Waals surface area contributed by atoms with E-state index in [1.165, 1.54) is 6.33 Å². The molecule has 5 heterocycles. The van der Waals surface area contributed by atoms with Gasteiger partial charge in [0.25, 0.3) is 0 Å². The Balaban J connectivity index is 1.55. The Hall–Kier alpha value is -4.16. The van der Waals surface area contributed by atoms with Gasteiger partial charge < -0.3 is 25.2 Å². The van der Waals surface area contributed by atoms with Crippen LogP contribution in [-0.4, -0.2) is 66.4 Å². The van der Waals surface area contributed by atoms with Gasteiger partial charge >= 0.3 is 0 Å². The molecule has 12 nitrogen and oxygen atoms in total. The second kappa shape index (κ2) is 10.4. The van der Waals surface area contributed by atoms with Crippen LogP contribution in [0.1, 0.15) is 30.8 Å². The van der Waals surface area contributed by atoms with Crippen LogP contribution in [0, 0.1) is 6.92 Å². The zero-order valence-electron chi connectivity index (χ0n) is 20.8. The molecule has 0 aliphatic carbocycles. The summed E-state index contributed by atoms with van der Waals surface area (Å²) >= 11 is 0. The number of aliphatic hydroxyl groups is 1. The third kappa shape index (κ3) is 5.06. The molecule has 1 aliphatic rings. The van der Waals surface area contributed by atoms with Crippen molar-refractivity contribution in [2.75, 3.05) is 19.0 Å². The molecule has 4 aromatic heterocycles. The van der Waals surface area contributed by atoms with Crippen LogP contribution < -0.4 is 15.4 Å². The quantitative estimate of drug-likeness (QED) is 0.325. The normalized spacial score (nSPS) is 19.2. The minimum atomic E-state index is -0.921. The number of anilines is 1. The van der Waals surface area contributed by atoms with E-state index >= 15 is 0 Å². The molecule has 5 rings (SSSR count). The molecule has 1 fully saturated rings. The van der Waals surface area contributed by atoms with Crippen molar-refractivity contribution < 1.29 is 19.4 Å². The van der Waals surface area contributed by atoms with E-state index in [1.54, 1.807) is 36.3 Å². The molecular formula is C25H28N8O4. The smallest absolute Gasteiger partial charge is 0.249 e. The number of aromatic nitrogens is 6. The van der Waals surface area contributed by atoms with Gasteiger partial charge in [0.1, 0.15) is 18.0 Å². The molecule has 3 N–H and O–H groups in total. The van der Waals surface area contributed by atoms with Gasteiger partial charge in [-0.05, 0) is 37.6 Å². The Morgan fingerprint density at radius 2 is 2.14 bits per heavy atom. The molecule has 1 saturated heterocycles. The summed E-state index contributed by atoms with van der Waals surface area (Å²) in [5.41, 5.74) is 3.51. The lowest BCUT2D eigenvalue weighted by molar-refractivity contribution is -0.134. The summed E-state index contributed by atoms with van der Waals surface area (Å²) in [7, 11) is 1.56. The number of likely N-dealkylation sites (N-methyl/N-ethyl adjacent to an activating group) is 1. The van der Waals surface area contributed by atoms with Gasteiger partial charge in [-0.3, -0.25) is 19.3 Å². The number of fused-ring (bicyclic) bond motifs is 1. The molecule has 0 aromatic carbocycles. The Labute approximate surface area is 213 Å². The fourth-order valence-corrected chi connectivity index (χ4v) is 4.24. The van der Waals surface area contributed by atoms with E-state index < -0.39 is 18.4 Å². The number of aliphatic hydroxyl groups excluding tert-OH is 1. The lowest BCUT2D eigenvalue weighted by Crippen LogP contribution is -2.34. The van der Waals surface area contributed by atoms with Gasteiger partial charge in [0, 0.05) is 30.9 Å². The highest BCUT2D eigenvalue weighted by atomic mass is 16.5. The van der Waals surface area contributed by atoms with Gasteiger partial charge in [-0.15, -0.1) is 0 Å². The van der Waals surface area contributed by atoms with Crippen LogP contribution in [0.3, 0.4) is 0 Å². The second-order valence-corrected chi connectivity index (χ2v) is 8.72. The molecule has 0 bridgehead atoms. The van der Waals surface area contributed by atoms with Gasteiger partial charge in [0.15, 0.2) is 29.0 Å². The van der Waals surface area contributed by atoms with E-state index in [9.17, 15) is 9.90 Å². The molecule has 12 heteroatoms. The van der Waals surface area contributed by atoms with Crippen molar-refractivity contribution in [1.29, 1.82) is 0 Å². The summed E-state index contributed by atoms with van der Waals surface area (Å²) in [6, 6.07) is 5.71. The maximum absolute atomic E-state index is 12.3. The second-order valence-electron chi connectivity index (χ2n) is 8.72. The molecule has 0 spiro atoms. The molecule has 3 atom stereocenters. The first-order valence-corrected chi connectivity index (χ1v) is 12.0.